The summed E-state index contributed by atoms with van der Waals surface area (Å²) in [5.74, 6) is 1.22. The Hall–Kier alpha value is -7.10. The maximum atomic E-state index is 6.74. The first kappa shape index (κ1) is 31.4. The van der Waals surface area contributed by atoms with Gasteiger partial charge in [-0.1, -0.05) is 152 Å². The van der Waals surface area contributed by atoms with Gasteiger partial charge in [0.05, 0.1) is 5.69 Å². The molecular weight excluding hydrogens is 671 g/mol. The molecule has 0 N–H and O–H groups in total. The van der Waals surface area contributed by atoms with Gasteiger partial charge >= 0.3 is 0 Å². The topological polar surface area (TPSA) is 25.6 Å². The van der Waals surface area contributed by atoms with Crippen molar-refractivity contribution in [2.45, 2.75) is 12.0 Å². The molecule has 2 atom stereocenters. The third kappa shape index (κ3) is 5.20. The van der Waals surface area contributed by atoms with E-state index in [1.54, 1.807) is 0 Å². The highest BCUT2D eigenvalue weighted by Gasteiger charge is 2.33. The number of fused-ring (bicyclic) bond motifs is 8. The van der Waals surface area contributed by atoms with Gasteiger partial charge in [-0.25, -0.2) is 0 Å². The van der Waals surface area contributed by atoms with Crippen molar-refractivity contribution in [1.29, 1.82) is 0 Å². The average Bonchev–Trinajstić information content (AvgIpc) is 3.84. The molecule has 0 fully saturated rings. The summed E-state index contributed by atoms with van der Waals surface area (Å²) in [6, 6.07) is 62.9. The SMILES string of the molecule is C1=CC2Oc3c(-c4ccc(N(c5ccc(-c6ccccc6)cc5)c5ccc6oc7c8ccccc8ccc7c6c5-c5ccccc5)cc4)cccc3C2C=C1. The number of allylic oxidation sites excluding steroid dienone is 2. The van der Waals surface area contributed by atoms with Crippen molar-refractivity contribution < 1.29 is 9.15 Å². The fraction of sp³-hybridized carbons (Fsp3) is 0.0385. The monoisotopic (exact) mass is 705 g/mol. The van der Waals surface area contributed by atoms with E-state index in [9.17, 15) is 0 Å². The lowest BCUT2D eigenvalue weighted by Gasteiger charge is -2.28. The van der Waals surface area contributed by atoms with Gasteiger partial charge in [-0.05, 0) is 76.2 Å². The third-order valence-electron chi connectivity index (χ3n) is 11.2. The van der Waals surface area contributed by atoms with E-state index in [1.807, 2.05) is 0 Å². The van der Waals surface area contributed by atoms with Crippen LogP contribution in [-0.4, -0.2) is 6.10 Å². The lowest BCUT2D eigenvalue weighted by atomic mass is 9.90. The Morgan fingerprint density at radius 3 is 1.93 bits per heavy atom. The zero-order chi connectivity index (χ0) is 36.3. The number of anilines is 3. The van der Waals surface area contributed by atoms with Crippen LogP contribution in [0.5, 0.6) is 5.75 Å². The number of hydrogen-bond acceptors (Lipinski definition) is 3. The summed E-state index contributed by atoms with van der Waals surface area (Å²) < 4.78 is 13.3. The maximum Gasteiger partial charge on any atom is 0.143 e. The number of furan rings is 1. The van der Waals surface area contributed by atoms with Gasteiger partial charge in [0.25, 0.3) is 0 Å². The predicted molar refractivity (Wildman–Crippen MR) is 228 cm³/mol. The number of ether oxygens (including phenoxy) is 1. The molecule has 1 aliphatic heterocycles. The van der Waals surface area contributed by atoms with E-state index in [-0.39, 0.29) is 12.0 Å². The molecule has 55 heavy (non-hydrogen) atoms. The fourth-order valence-corrected chi connectivity index (χ4v) is 8.61. The molecular formula is C52H35NO2. The van der Waals surface area contributed by atoms with E-state index < -0.39 is 0 Å². The van der Waals surface area contributed by atoms with Crippen molar-refractivity contribution >= 4 is 49.8 Å². The van der Waals surface area contributed by atoms with Crippen molar-refractivity contribution in [2.75, 3.05) is 4.90 Å². The second-order valence-corrected chi connectivity index (χ2v) is 14.4. The lowest BCUT2D eigenvalue weighted by Crippen LogP contribution is -2.15. The fourth-order valence-electron chi connectivity index (χ4n) is 8.61. The first-order valence-electron chi connectivity index (χ1n) is 18.9. The quantitative estimate of drug-likeness (QED) is 0.172. The van der Waals surface area contributed by atoms with Crippen molar-refractivity contribution in [1.82, 2.24) is 0 Å². The third-order valence-corrected chi connectivity index (χ3v) is 11.2. The van der Waals surface area contributed by atoms with Gasteiger partial charge in [0.15, 0.2) is 0 Å². The average molecular weight is 706 g/mol. The molecule has 9 aromatic rings. The summed E-state index contributed by atoms with van der Waals surface area (Å²) in [6.07, 6.45) is 8.65. The molecule has 1 aromatic heterocycles. The zero-order valence-electron chi connectivity index (χ0n) is 30.0. The molecule has 11 rings (SSSR count). The summed E-state index contributed by atoms with van der Waals surface area (Å²) in [4.78, 5) is 2.39. The van der Waals surface area contributed by atoms with Crippen molar-refractivity contribution in [3.63, 3.8) is 0 Å². The van der Waals surface area contributed by atoms with Crippen LogP contribution in [0.3, 0.4) is 0 Å². The molecule has 0 spiro atoms. The van der Waals surface area contributed by atoms with Crippen LogP contribution < -0.4 is 9.64 Å². The minimum absolute atomic E-state index is 0.0399. The first-order chi connectivity index (χ1) is 27.3. The van der Waals surface area contributed by atoms with Crippen molar-refractivity contribution in [3.8, 4) is 39.1 Å². The maximum absolute atomic E-state index is 6.74. The molecule has 0 saturated heterocycles. The molecule has 260 valence electrons. The highest BCUT2D eigenvalue weighted by atomic mass is 16.5. The molecule has 8 aromatic carbocycles. The van der Waals surface area contributed by atoms with Crippen molar-refractivity contribution in [3.05, 3.63) is 206 Å². The van der Waals surface area contributed by atoms with E-state index in [1.165, 1.54) is 16.7 Å². The number of nitrogens with zero attached hydrogens (tertiary/aromatic N) is 1. The highest BCUT2D eigenvalue weighted by molar-refractivity contribution is 6.21. The number of benzene rings is 8. The van der Waals surface area contributed by atoms with Crippen LogP contribution in [0.15, 0.2) is 205 Å². The lowest BCUT2D eigenvalue weighted by molar-refractivity contribution is 0.270. The van der Waals surface area contributed by atoms with Crippen LogP contribution in [0.2, 0.25) is 0 Å². The van der Waals surface area contributed by atoms with Gasteiger partial charge in [0.1, 0.15) is 23.0 Å². The van der Waals surface area contributed by atoms with E-state index in [0.717, 1.165) is 77.8 Å². The van der Waals surface area contributed by atoms with Crippen molar-refractivity contribution in [2.24, 2.45) is 0 Å². The number of para-hydroxylation sites is 1. The van der Waals surface area contributed by atoms with E-state index >= 15 is 0 Å². The summed E-state index contributed by atoms with van der Waals surface area (Å²) in [6.45, 7) is 0. The summed E-state index contributed by atoms with van der Waals surface area (Å²) in [5.41, 5.74) is 13.1. The van der Waals surface area contributed by atoms with E-state index in [0.29, 0.717) is 0 Å². The second kappa shape index (κ2) is 12.8. The Morgan fingerprint density at radius 2 is 1.15 bits per heavy atom. The Kier molecular flexibility index (Phi) is 7.31. The van der Waals surface area contributed by atoms with Gasteiger partial charge in [-0.15, -0.1) is 0 Å². The number of hydrogen-bond donors (Lipinski definition) is 0. The molecule has 2 aliphatic rings. The number of rotatable bonds is 6. The summed E-state index contributed by atoms with van der Waals surface area (Å²) in [7, 11) is 0. The van der Waals surface area contributed by atoms with Gasteiger partial charge < -0.3 is 14.1 Å². The van der Waals surface area contributed by atoms with Crippen LogP contribution in [0.25, 0.3) is 66.1 Å². The molecule has 0 radical (unpaired) electrons. The Labute approximate surface area is 319 Å². The molecule has 3 nitrogen and oxygen atoms in total. The zero-order valence-corrected chi connectivity index (χ0v) is 30.0. The highest BCUT2D eigenvalue weighted by Crippen LogP contribution is 2.50. The Balaban J connectivity index is 1.11. The van der Waals surface area contributed by atoms with Gasteiger partial charge in [0, 0.05) is 50.1 Å². The van der Waals surface area contributed by atoms with Crippen LogP contribution in [-0.2, 0) is 0 Å². The molecule has 1 aliphatic carbocycles. The Morgan fingerprint density at radius 1 is 0.473 bits per heavy atom. The van der Waals surface area contributed by atoms with Crippen LogP contribution >= 0.6 is 0 Å². The van der Waals surface area contributed by atoms with E-state index in [2.05, 4.69) is 205 Å². The normalized spacial score (nSPS) is 15.6. The van der Waals surface area contributed by atoms with Gasteiger partial charge in [0.2, 0.25) is 0 Å². The van der Waals surface area contributed by atoms with E-state index in [4.69, 9.17) is 9.15 Å². The minimum atomic E-state index is 0.0399. The minimum Gasteiger partial charge on any atom is -0.484 e. The molecule has 3 heteroatoms. The van der Waals surface area contributed by atoms with Gasteiger partial charge in [-0.3, -0.25) is 0 Å². The molecule has 2 unspecified atom stereocenters. The molecule has 2 heterocycles. The molecule has 0 bridgehead atoms. The largest absolute Gasteiger partial charge is 0.484 e. The predicted octanol–water partition coefficient (Wildman–Crippen LogP) is 14.2. The first-order valence-corrected chi connectivity index (χ1v) is 18.9. The summed E-state index contributed by atoms with van der Waals surface area (Å²) in [5, 5.41) is 4.49. The second-order valence-electron chi connectivity index (χ2n) is 14.4. The van der Waals surface area contributed by atoms with Crippen LogP contribution in [0, 0.1) is 0 Å². The smallest absolute Gasteiger partial charge is 0.143 e. The molecule has 0 saturated carbocycles. The molecule has 0 amide bonds. The Bertz CT molecular complexity index is 2940. The van der Waals surface area contributed by atoms with Crippen LogP contribution in [0.1, 0.15) is 11.5 Å². The van der Waals surface area contributed by atoms with Gasteiger partial charge in [-0.2, -0.15) is 0 Å². The van der Waals surface area contributed by atoms with Crippen LogP contribution in [0.4, 0.5) is 17.1 Å². The summed E-state index contributed by atoms with van der Waals surface area (Å²) >= 11 is 0. The standard InChI is InChI=1S/C52H35NO2/c1-3-12-34(13-4-1)35-22-27-39(28-23-35)53(40-29-24-37(25-30-40)42-19-11-20-44-43-18-9-10-21-47(43)54-51(42)44)46-32-33-48-50(49(46)38-15-5-2-6-16-38)45-31-26-36-14-7-8-17-41(36)52(45)55-48/h1-33,43,47H.